The average Bonchev–Trinajstić information content (AvgIpc) is 3.55. The van der Waals surface area contributed by atoms with Crippen molar-refractivity contribution in [1.82, 2.24) is 4.90 Å². The summed E-state index contributed by atoms with van der Waals surface area (Å²) >= 11 is 2.29. The van der Waals surface area contributed by atoms with Crippen molar-refractivity contribution in [2.45, 2.75) is 51.0 Å². The molecule has 0 aromatic heterocycles. The summed E-state index contributed by atoms with van der Waals surface area (Å²) in [5.74, 6) is -2.99. The second-order valence-electron chi connectivity index (χ2n) is 11.1. The van der Waals surface area contributed by atoms with Crippen LogP contribution in [0.15, 0.2) is 30.3 Å². The fourth-order valence-corrected chi connectivity index (χ4v) is 6.50. The molecule has 3 fully saturated rings. The van der Waals surface area contributed by atoms with Crippen LogP contribution in [0.25, 0.3) is 0 Å². The van der Waals surface area contributed by atoms with Gasteiger partial charge in [0.05, 0.1) is 22.5 Å². The van der Waals surface area contributed by atoms with Crippen molar-refractivity contribution in [3.63, 3.8) is 0 Å². The number of alkyl halides is 2. The Morgan fingerprint density at radius 3 is 2.24 bits per heavy atom. The van der Waals surface area contributed by atoms with Gasteiger partial charge in [-0.05, 0) is 89.6 Å². The molecule has 3 aliphatic heterocycles. The number of piperidine rings is 2. The zero-order valence-corrected chi connectivity index (χ0v) is 23.1. The van der Waals surface area contributed by atoms with Crippen LogP contribution in [0.4, 0.5) is 25.8 Å². The predicted molar refractivity (Wildman–Crippen MR) is 149 cm³/mol. The molecular formula is C28H31F2IN4O2. The van der Waals surface area contributed by atoms with Crippen molar-refractivity contribution in [2.75, 3.05) is 48.3 Å². The number of amides is 2. The molecule has 0 atom stereocenters. The van der Waals surface area contributed by atoms with E-state index in [2.05, 4.69) is 38.9 Å². The maximum atomic E-state index is 13.8. The second-order valence-corrected chi connectivity index (χ2v) is 12.4. The van der Waals surface area contributed by atoms with Gasteiger partial charge in [0.25, 0.3) is 17.7 Å². The summed E-state index contributed by atoms with van der Waals surface area (Å²) in [7, 11) is 1.73. The number of anilines is 3. The van der Waals surface area contributed by atoms with Crippen molar-refractivity contribution < 1.29 is 18.4 Å². The number of nitrogens with zero attached hydrogens (tertiary/aromatic N) is 3. The predicted octanol–water partition coefficient (Wildman–Crippen LogP) is 5.75. The molecule has 37 heavy (non-hydrogen) atoms. The van der Waals surface area contributed by atoms with E-state index in [9.17, 15) is 18.4 Å². The van der Waals surface area contributed by atoms with Gasteiger partial charge in [-0.3, -0.25) is 9.59 Å². The molecule has 2 aromatic carbocycles. The highest BCUT2D eigenvalue weighted by atomic mass is 127. The van der Waals surface area contributed by atoms with Crippen molar-refractivity contribution in [3.05, 3.63) is 50.6 Å². The SMILES string of the molecule is CN1Cc2cc(NC(=O)c3ccc(I)cc3N3CCC4(CC3)CC4)cc(N3CCC(F)(F)CC3)c2C1=O. The van der Waals surface area contributed by atoms with E-state index >= 15 is 0 Å². The minimum Gasteiger partial charge on any atom is -0.371 e. The van der Waals surface area contributed by atoms with E-state index in [0.29, 0.717) is 34.5 Å². The monoisotopic (exact) mass is 620 g/mol. The van der Waals surface area contributed by atoms with Crippen LogP contribution in [0.2, 0.25) is 0 Å². The molecule has 4 aliphatic rings. The molecule has 2 amide bonds. The third-order valence-electron chi connectivity index (χ3n) is 8.59. The quantitative estimate of drug-likeness (QED) is 0.443. The molecule has 9 heteroatoms. The number of benzene rings is 2. The number of fused-ring (bicyclic) bond motifs is 1. The Morgan fingerprint density at radius 1 is 0.919 bits per heavy atom. The molecule has 0 radical (unpaired) electrons. The van der Waals surface area contributed by atoms with Crippen LogP contribution in [0.5, 0.6) is 0 Å². The molecule has 6 nitrogen and oxygen atoms in total. The summed E-state index contributed by atoms with van der Waals surface area (Å²) in [6, 6.07) is 9.53. The van der Waals surface area contributed by atoms with E-state index in [-0.39, 0.29) is 37.7 Å². The number of carbonyl (C=O) groups is 2. The molecule has 1 saturated carbocycles. The van der Waals surface area contributed by atoms with Gasteiger partial charge < -0.3 is 20.0 Å². The van der Waals surface area contributed by atoms with Gasteiger partial charge in [-0.25, -0.2) is 8.78 Å². The highest BCUT2D eigenvalue weighted by molar-refractivity contribution is 14.1. The standard InChI is InChI=1S/C28H31F2IN4O2/c1-33-17-18-14-20(16-23(24(18)26(33)37)35-12-8-28(29,30)9-13-35)32-25(36)21-3-2-19(31)15-22(21)34-10-6-27(4-5-27)7-11-34/h2-3,14-16H,4-13,17H2,1H3,(H,32,36). The summed E-state index contributed by atoms with van der Waals surface area (Å²) in [5.41, 5.74) is 4.71. The Kier molecular flexibility index (Phi) is 6.12. The third-order valence-corrected chi connectivity index (χ3v) is 9.26. The van der Waals surface area contributed by atoms with Gasteiger partial charge in [0.15, 0.2) is 0 Å². The Labute approximate surface area is 229 Å². The van der Waals surface area contributed by atoms with E-state index in [1.807, 2.05) is 23.1 Å². The van der Waals surface area contributed by atoms with E-state index in [1.165, 1.54) is 25.7 Å². The summed E-state index contributed by atoms with van der Waals surface area (Å²) in [6.07, 6.45) is 4.51. The Hall–Kier alpha value is -2.43. The molecule has 3 heterocycles. The topological polar surface area (TPSA) is 55.9 Å². The lowest BCUT2D eigenvalue weighted by molar-refractivity contribution is -0.0220. The van der Waals surface area contributed by atoms with Gasteiger partial charge in [0.2, 0.25) is 0 Å². The fraction of sp³-hybridized carbons (Fsp3) is 0.500. The Bertz CT molecular complexity index is 1260. The van der Waals surface area contributed by atoms with E-state index < -0.39 is 5.92 Å². The summed E-state index contributed by atoms with van der Waals surface area (Å²) < 4.78 is 28.8. The Morgan fingerprint density at radius 2 is 1.57 bits per heavy atom. The van der Waals surface area contributed by atoms with Crippen LogP contribution in [-0.2, 0) is 6.54 Å². The first-order valence-corrected chi connectivity index (χ1v) is 14.1. The molecule has 1 N–H and O–H groups in total. The molecule has 0 unspecified atom stereocenters. The average molecular weight is 620 g/mol. The minimum atomic E-state index is -2.68. The molecule has 0 bridgehead atoms. The number of nitrogens with one attached hydrogen (secondary N) is 1. The molecule has 2 saturated heterocycles. The number of hydrogen-bond acceptors (Lipinski definition) is 4. The van der Waals surface area contributed by atoms with Gasteiger partial charge >= 0.3 is 0 Å². The third kappa shape index (κ3) is 4.79. The van der Waals surface area contributed by atoms with Gasteiger partial charge in [-0.15, -0.1) is 0 Å². The first-order chi connectivity index (χ1) is 17.6. The molecule has 196 valence electrons. The number of halogens is 3. The Balaban J connectivity index is 1.29. The molecule has 6 rings (SSSR count). The normalized spacial score (nSPS) is 21.8. The highest BCUT2D eigenvalue weighted by Crippen LogP contribution is 2.54. The van der Waals surface area contributed by atoms with Crippen molar-refractivity contribution >= 4 is 51.5 Å². The summed E-state index contributed by atoms with van der Waals surface area (Å²) in [5, 5.41) is 3.07. The van der Waals surface area contributed by atoms with Gasteiger partial charge in [0, 0.05) is 61.9 Å². The zero-order valence-electron chi connectivity index (χ0n) is 21.0. The molecular weight excluding hydrogens is 589 g/mol. The van der Waals surface area contributed by atoms with Gasteiger partial charge in [0.1, 0.15) is 0 Å². The van der Waals surface area contributed by atoms with Gasteiger partial charge in [-0.1, -0.05) is 0 Å². The fourth-order valence-electron chi connectivity index (χ4n) is 6.03. The second kappa shape index (κ2) is 9.10. The summed E-state index contributed by atoms with van der Waals surface area (Å²) in [4.78, 5) is 32.3. The van der Waals surface area contributed by atoms with Crippen molar-refractivity contribution in [1.29, 1.82) is 0 Å². The van der Waals surface area contributed by atoms with Gasteiger partial charge in [-0.2, -0.15) is 0 Å². The van der Waals surface area contributed by atoms with Crippen molar-refractivity contribution in [2.24, 2.45) is 5.41 Å². The zero-order chi connectivity index (χ0) is 25.9. The maximum absolute atomic E-state index is 13.8. The van der Waals surface area contributed by atoms with E-state index in [0.717, 1.165) is 27.9 Å². The molecule has 1 aliphatic carbocycles. The summed E-state index contributed by atoms with van der Waals surface area (Å²) in [6.45, 7) is 2.69. The van der Waals surface area contributed by atoms with E-state index in [1.54, 1.807) is 18.0 Å². The first-order valence-electron chi connectivity index (χ1n) is 13.0. The smallest absolute Gasteiger partial charge is 0.257 e. The molecule has 1 spiro atoms. The lowest BCUT2D eigenvalue weighted by Crippen LogP contribution is -2.40. The maximum Gasteiger partial charge on any atom is 0.257 e. The largest absolute Gasteiger partial charge is 0.371 e. The highest BCUT2D eigenvalue weighted by Gasteiger charge is 2.44. The molecule has 2 aromatic rings. The minimum absolute atomic E-state index is 0.112. The van der Waals surface area contributed by atoms with Crippen LogP contribution in [-0.4, -0.2) is 55.9 Å². The number of hydrogen-bond donors (Lipinski definition) is 1. The van der Waals surface area contributed by atoms with E-state index in [4.69, 9.17) is 0 Å². The number of carbonyl (C=O) groups excluding carboxylic acids is 2. The van der Waals surface area contributed by atoms with Crippen LogP contribution >= 0.6 is 22.6 Å². The lowest BCUT2D eigenvalue weighted by Gasteiger charge is -2.35. The first kappa shape index (κ1) is 24.9. The van der Waals surface area contributed by atoms with Crippen molar-refractivity contribution in [3.8, 4) is 0 Å². The van der Waals surface area contributed by atoms with Crippen LogP contribution in [0, 0.1) is 8.99 Å². The number of rotatable bonds is 4. The van der Waals surface area contributed by atoms with Crippen LogP contribution < -0.4 is 15.1 Å². The van der Waals surface area contributed by atoms with Crippen LogP contribution in [0.1, 0.15) is 64.8 Å². The lowest BCUT2D eigenvalue weighted by atomic mass is 9.93. The van der Waals surface area contributed by atoms with Crippen LogP contribution in [0.3, 0.4) is 0 Å².